The van der Waals surface area contributed by atoms with Gasteiger partial charge in [0, 0.05) is 11.3 Å². The van der Waals surface area contributed by atoms with Crippen LogP contribution >= 0.6 is 0 Å². The summed E-state index contributed by atoms with van der Waals surface area (Å²) >= 11 is 0. The molecule has 0 radical (unpaired) electrons. The number of carbonyl (C=O) groups is 2. The van der Waals surface area contributed by atoms with Crippen LogP contribution in [0.25, 0.3) is 0 Å². The van der Waals surface area contributed by atoms with Crippen molar-refractivity contribution < 1.29 is 18.0 Å². The number of aryl methyl sites for hydroxylation is 1. The molecule has 2 amide bonds. The first kappa shape index (κ1) is 21.6. The molecule has 0 spiro atoms. The zero-order valence-corrected chi connectivity index (χ0v) is 16.9. The largest absolute Gasteiger partial charge is 0.322 e. The number of rotatable bonds is 7. The number of nitrogens with two attached hydrogens (primary N) is 1. The Kier molecular flexibility index (Phi) is 6.93. The molecule has 0 saturated carbocycles. The van der Waals surface area contributed by atoms with Gasteiger partial charge in [0.15, 0.2) is 0 Å². The number of benzene rings is 2. The van der Waals surface area contributed by atoms with Gasteiger partial charge in [-0.3, -0.25) is 9.59 Å². The summed E-state index contributed by atoms with van der Waals surface area (Å²) in [7, 11) is -4.03. The third-order valence-electron chi connectivity index (χ3n) is 4.03. The molecule has 150 valence electrons. The molecule has 8 heteroatoms. The fourth-order valence-corrected chi connectivity index (χ4v) is 3.54. The smallest absolute Gasteiger partial charge is 0.264 e. The maximum atomic E-state index is 12.3. The molecule has 2 rings (SSSR count). The van der Waals surface area contributed by atoms with Gasteiger partial charge in [-0.25, -0.2) is 13.1 Å². The summed E-state index contributed by atoms with van der Waals surface area (Å²) in [6.07, 6.45) is 0.380. The van der Waals surface area contributed by atoms with E-state index in [9.17, 15) is 18.0 Å². The summed E-state index contributed by atoms with van der Waals surface area (Å²) in [6.45, 7) is 5.71. The first-order valence-corrected chi connectivity index (χ1v) is 10.4. The van der Waals surface area contributed by atoms with Crippen LogP contribution in [0.5, 0.6) is 0 Å². The summed E-state index contributed by atoms with van der Waals surface area (Å²) in [5.74, 6) is -0.881. The molecule has 28 heavy (non-hydrogen) atoms. The van der Waals surface area contributed by atoms with Crippen LogP contribution in [0.3, 0.4) is 0 Å². The minimum absolute atomic E-state index is 0.0917. The number of nitrogens with one attached hydrogen (secondary N) is 2. The predicted molar refractivity (Wildman–Crippen MR) is 108 cm³/mol. The number of hydrogen-bond donors (Lipinski definition) is 3. The fourth-order valence-electron chi connectivity index (χ4n) is 2.51. The highest BCUT2D eigenvalue weighted by Gasteiger charge is 2.22. The summed E-state index contributed by atoms with van der Waals surface area (Å²) in [5, 5.41) is 2.70. The maximum absolute atomic E-state index is 12.3. The lowest BCUT2D eigenvalue weighted by molar-refractivity contribution is -0.120. The van der Waals surface area contributed by atoms with Crippen LogP contribution in [-0.2, 0) is 14.8 Å². The molecule has 2 aromatic rings. The van der Waals surface area contributed by atoms with E-state index >= 15 is 0 Å². The van der Waals surface area contributed by atoms with E-state index in [0.29, 0.717) is 17.7 Å². The lowest BCUT2D eigenvalue weighted by Gasteiger charge is -2.14. The van der Waals surface area contributed by atoms with Crippen LogP contribution in [0, 0.1) is 12.8 Å². The molecule has 0 aliphatic rings. The number of hydrogen-bond acceptors (Lipinski definition) is 5. The Hall–Kier alpha value is -2.71. The molecule has 0 saturated heterocycles. The van der Waals surface area contributed by atoms with E-state index in [4.69, 9.17) is 5.73 Å². The molecule has 0 unspecified atom stereocenters. The Morgan fingerprint density at radius 2 is 1.57 bits per heavy atom. The average molecular weight is 404 g/mol. The van der Waals surface area contributed by atoms with E-state index < -0.39 is 22.0 Å². The highest BCUT2D eigenvalue weighted by Crippen LogP contribution is 2.16. The van der Waals surface area contributed by atoms with Crippen molar-refractivity contribution in [2.24, 2.45) is 11.7 Å². The Morgan fingerprint density at radius 3 is 2.11 bits per heavy atom. The molecule has 2 aromatic carbocycles. The van der Waals surface area contributed by atoms with Gasteiger partial charge < -0.3 is 11.1 Å². The molecule has 0 fully saturated rings. The van der Waals surface area contributed by atoms with E-state index in [2.05, 4.69) is 5.32 Å². The summed E-state index contributed by atoms with van der Waals surface area (Å²) in [4.78, 5) is 24.1. The SMILES string of the molecule is Cc1ccc(C(=O)Nc2ccc(S(=O)(=O)NC(=O)[C@@H](N)CC(C)C)cc2)cc1. The van der Waals surface area contributed by atoms with Gasteiger partial charge in [0.05, 0.1) is 10.9 Å². The lowest BCUT2D eigenvalue weighted by Crippen LogP contribution is -2.43. The summed E-state index contributed by atoms with van der Waals surface area (Å²) in [5.41, 5.74) is 7.70. The number of sulfonamides is 1. The van der Waals surface area contributed by atoms with Gasteiger partial charge >= 0.3 is 0 Å². The van der Waals surface area contributed by atoms with E-state index in [0.717, 1.165) is 5.56 Å². The monoisotopic (exact) mass is 403 g/mol. The maximum Gasteiger partial charge on any atom is 0.264 e. The van der Waals surface area contributed by atoms with Crippen LogP contribution in [0.1, 0.15) is 36.2 Å². The number of anilines is 1. The Bertz CT molecular complexity index is 936. The standard InChI is InChI=1S/C20H25N3O4S/c1-13(2)12-18(21)20(25)23-28(26,27)17-10-8-16(9-11-17)22-19(24)15-6-4-14(3)5-7-15/h4-11,13,18H,12,21H2,1-3H3,(H,22,24)(H,23,25)/t18-/m0/s1. The fraction of sp³-hybridized carbons (Fsp3) is 0.300. The molecule has 0 bridgehead atoms. The molecule has 0 aromatic heterocycles. The van der Waals surface area contributed by atoms with Crippen molar-refractivity contribution in [1.29, 1.82) is 0 Å². The van der Waals surface area contributed by atoms with Gasteiger partial charge in [-0.2, -0.15) is 0 Å². The van der Waals surface area contributed by atoms with Crippen LogP contribution in [0.15, 0.2) is 53.4 Å². The molecule has 0 aliphatic carbocycles. The average Bonchev–Trinajstić information content (AvgIpc) is 2.61. The molecular formula is C20H25N3O4S. The third kappa shape index (κ3) is 5.90. The van der Waals surface area contributed by atoms with Gasteiger partial charge in [-0.15, -0.1) is 0 Å². The Labute approximate surface area is 165 Å². The molecule has 0 aliphatic heterocycles. The van der Waals surface area contributed by atoms with Gasteiger partial charge in [-0.1, -0.05) is 31.5 Å². The first-order valence-electron chi connectivity index (χ1n) is 8.89. The van der Waals surface area contributed by atoms with Crippen molar-refractivity contribution in [3.05, 3.63) is 59.7 Å². The van der Waals surface area contributed by atoms with Crippen molar-refractivity contribution in [3.63, 3.8) is 0 Å². The zero-order valence-electron chi connectivity index (χ0n) is 16.1. The highest BCUT2D eigenvalue weighted by molar-refractivity contribution is 7.90. The predicted octanol–water partition coefficient (Wildman–Crippen LogP) is 2.43. The quantitative estimate of drug-likeness (QED) is 0.656. The Morgan fingerprint density at radius 1 is 1.00 bits per heavy atom. The second kappa shape index (κ2) is 8.99. The normalized spacial score (nSPS) is 12.5. The third-order valence-corrected chi connectivity index (χ3v) is 5.40. The summed E-state index contributed by atoms with van der Waals surface area (Å²) < 4.78 is 26.7. The van der Waals surface area contributed by atoms with Crippen LogP contribution in [-0.4, -0.2) is 26.3 Å². The molecule has 4 N–H and O–H groups in total. The lowest BCUT2D eigenvalue weighted by atomic mass is 10.0. The van der Waals surface area contributed by atoms with Gasteiger partial charge in [-0.05, 0) is 55.7 Å². The van der Waals surface area contributed by atoms with E-state index in [1.165, 1.54) is 24.3 Å². The van der Waals surface area contributed by atoms with Gasteiger partial charge in [0.25, 0.3) is 21.8 Å². The van der Waals surface area contributed by atoms with Crippen molar-refractivity contribution in [1.82, 2.24) is 4.72 Å². The molecule has 1 atom stereocenters. The van der Waals surface area contributed by atoms with Crippen molar-refractivity contribution in [3.8, 4) is 0 Å². The topological polar surface area (TPSA) is 118 Å². The van der Waals surface area contributed by atoms with Gasteiger partial charge in [0.2, 0.25) is 0 Å². The van der Waals surface area contributed by atoms with Crippen LogP contribution in [0.2, 0.25) is 0 Å². The molecule has 0 heterocycles. The Balaban J connectivity index is 2.05. The van der Waals surface area contributed by atoms with Crippen LogP contribution < -0.4 is 15.8 Å². The van der Waals surface area contributed by atoms with Gasteiger partial charge in [0.1, 0.15) is 0 Å². The van der Waals surface area contributed by atoms with Crippen molar-refractivity contribution in [2.45, 2.75) is 38.1 Å². The number of carbonyl (C=O) groups excluding carboxylic acids is 2. The minimum Gasteiger partial charge on any atom is -0.322 e. The van der Waals surface area contributed by atoms with Crippen molar-refractivity contribution in [2.75, 3.05) is 5.32 Å². The zero-order chi connectivity index (χ0) is 20.9. The second-order valence-corrected chi connectivity index (χ2v) is 8.73. The minimum atomic E-state index is -4.03. The van der Waals surface area contributed by atoms with Crippen LogP contribution in [0.4, 0.5) is 5.69 Å². The van der Waals surface area contributed by atoms with E-state index in [1.807, 2.05) is 37.6 Å². The summed E-state index contributed by atoms with van der Waals surface area (Å²) in [6, 6.07) is 11.7. The van der Waals surface area contributed by atoms with E-state index in [-0.39, 0.29) is 16.7 Å². The molecule has 7 nitrogen and oxygen atoms in total. The van der Waals surface area contributed by atoms with Crippen molar-refractivity contribution >= 4 is 27.5 Å². The van der Waals surface area contributed by atoms with E-state index in [1.54, 1.807) is 12.1 Å². The number of amides is 2. The highest BCUT2D eigenvalue weighted by atomic mass is 32.2. The molecular weight excluding hydrogens is 378 g/mol. The first-order chi connectivity index (χ1) is 13.1. The second-order valence-electron chi connectivity index (χ2n) is 7.05.